The molecule has 2 aliphatic heterocycles. The van der Waals surface area contributed by atoms with Crippen LogP contribution in [0.4, 0.5) is 0 Å². The fourth-order valence-electron chi connectivity index (χ4n) is 5.60. The molecule has 1 amide bonds. The fourth-order valence-corrected chi connectivity index (χ4v) is 5.80. The highest BCUT2D eigenvalue weighted by Gasteiger charge is 2.42. The van der Waals surface area contributed by atoms with Gasteiger partial charge in [-0.2, -0.15) is 0 Å². The average Bonchev–Trinajstić information content (AvgIpc) is 3.64. The highest BCUT2D eigenvalue weighted by Crippen LogP contribution is 2.44. The number of aromatic hydroxyl groups is 1. The smallest absolute Gasteiger partial charge is 0.257 e. The number of piperidine rings is 1. The molecule has 2 aromatic rings. The Hall–Kier alpha value is -2.32. The zero-order valence-corrected chi connectivity index (χ0v) is 22.3. The predicted molar refractivity (Wildman–Crippen MR) is 142 cm³/mol. The predicted octanol–water partition coefficient (Wildman–Crippen LogP) is 4.57. The highest BCUT2D eigenvalue weighted by atomic mass is 35.5. The van der Waals surface area contributed by atoms with E-state index < -0.39 is 6.10 Å². The van der Waals surface area contributed by atoms with Gasteiger partial charge in [-0.05, 0) is 73.4 Å². The maximum absolute atomic E-state index is 13.3. The van der Waals surface area contributed by atoms with Gasteiger partial charge < -0.3 is 29.5 Å². The van der Waals surface area contributed by atoms with Gasteiger partial charge in [0.15, 0.2) is 0 Å². The molecule has 8 heteroatoms. The number of β-amino-alcohol motifs (C(OH)–C–C–N with tert-alkyl or cyclic N) is 1. The van der Waals surface area contributed by atoms with Gasteiger partial charge in [0.05, 0.1) is 17.8 Å². The Morgan fingerprint density at radius 3 is 2.76 bits per heavy atom. The molecular weight excluding hydrogens is 492 g/mol. The van der Waals surface area contributed by atoms with Gasteiger partial charge in [0.25, 0.3) is 5.91 Å². The van der Waals surface area contributed by atoms with Crippen molar-refractivity contribution in [3.8, 4) is 11.5 Å². The number of fused-ring (bicyclic) bond motifs is 2. The van der Waals surface area contributed by atoms with E-state index in [1.807, 2.05) is 17.0 Å². The molecule has 37 heavy (non-hydrogen) atoms. The Morgan fingerprint density at radius 1 is 1.24 bits per heavy atom. The van der Waals surface area contributed by atoms with Gasteiger partial charge in [0.2, 0.25) is 0 Å². The van der Waals surface area contributed by atoms with Gasteiger partial charge in [0, 0.05) is 43.8 Å². The van der Waals surface area contributed by atoms with E-state index in [0.29, 0.717) is 36.9 Å². The van der Waals surface area contributed by atoms with Crippen LogP contribution in [-0.2, 0) is 16.9 Å². The maximum atomic E-state index is 13.3. The minimum Gasteiger partial charge on any atom is -0.508 e. The summed E-state index contributed by atoms with van der Waals surface area (Å²) in [4.78, 5) is 17.4. The summed E-state index contributed by atoms with van der Waals surface area (Å²) >= 11 is 6.15. The van der Waals surface area contributed by atoms with Gasteiger partial charge in [-0.1, -0.05) is 24.6 Å². The molecule has 1 aliphatic carbocycles. The molecule has 1 spiro atoms. The highest BCUT2D eigenvalue weighted by molar-refractivity contribution is 6.30. The molecule has 0 aromatic heterocycles. The van der Waals surface area contributed by atoms with Crippen LogP contribution in [-0.4, -0.2) is 71.4 Å². The number of carbonyl (C=O) groups is 1. The number of amides is 1. The van der Waals surface area contributed by atoms with Crippen molar-refractivity contribution in [3.63, 3.8) is 0 Å². The summed E-state index contributed by atoms with van der Waals surface area (Å²) in [6.07, 6.45) is 4.20. The van der Waals surface area contributed by atoms with Crippen LogP contribution >= 0.6 is 11.6 Å². The van der Waals surface area contributed by atoms with Crippen LogP contribution in [0, 0.1) is 5.92 Å². The zero-order valence-electron chi connectivity index (χ0n) is 21.5. The third-order valence-electron chi connectivity index (χ3n) is 7.78. The Morgan fingerprint density at radius 2 is 2.03 bits per heavy atom. The molecule has 2 aromatic carbocycles. The minimum atomic E-state index is -0.729. The molecule has 3 aliphatic rings. The molecule has 0 bridgehead atoms. The number of likely N-dealkylation sites (tertiary alicyclic amines) is 1. The number of aliphatic hydroxyl groups excluding tert-OH is 1. The molecule has 0 radical (unpaired) electrons. The van der Waals surface area contributed by atoms with Crippen molar-refractivity contribution in [2.45, 2.75) is 57.3 Å². The van der Waals surface area contributed by atoms with Crippen molar-refractivity contribution < 1.29 is 24.5 Å². The topological polar surface area (TPSA) is 82.5 Å². The first-order valence-electron chi connectivity index (χ1n) is 13.5. The summed E-state index contributed by atoms with van der Waals surface area (Å²) < 4.78 is 12.2. The van der Waals surface area contributed by atoms with Crippen molar-refractivity contribution >= 4 is 17.5 Å². The second-order valence-electron chi connectivity index (χ2n) is 10.7. The number of rotatable bonds is 10. The Balaban J connectivity index is 1.16. The molecular formula is C29H37ClN2O5. The molecule has 0 unspecified atom stereocenters. The van der Waals surface area contributed by atoms with Gasteiger partial charge in [0.1, 0.15) is 24.2 Å². The van der Waals surface area contributed by atoms with E-state index in [9.17, 15) is 15.0 Å². The van der Waals surface area contributed by atoms with E-state index >= 15 is 0 Å². The van der Waals surface area contributed by atoms with Crippen LogP contribution in [0.3, 0.4) is 0 Å². The Bertz CT molecular complexity index is 1110. The number of phenols is 1. The fraction of sp³-hybridized carbons (Fsp3) is 0.552. The molecule has 200 valence electrons. The van der Waals surface area contributed by atoms with Crippen LogP contribution in [0.25, 0.3) is 0 Å². The molecule has 1 saturated heterocycles. The lowest BCUT2D eigenvalue weighted by atomic mass is 9.84. The molecule has 5 rings (SSSR count). The van der Waals surface area contributed by atoms with Crippen LogP contribution in [0.5, 0.6) is 11.5 Å². The third kappa shape index (κ3) is 6.06. The first-order valence-corrected chi connectivity index (χ1v) is 13.8. The number of hydrogen-bond acceptors (Lipinski definition) is 6. The summed E-state index contributed by atoms with van der Waals surface area (Å²) in [6.45, 7) is 6.23. The summed E-state index contributed by atoms with van der Waals surface area (Å²) in [7, 11) is 0. The molecule has 7 nitrogen and oxygen atoms in total. The van der Waals surface area contributed by atoms with Crippen LogP contribution in [0.2, 0.25) is 5.02 Å². The summed E-state index contributed by atoms with van der Waals surface area (Å²) in [5.74, 6) is 0.846. The van der Waals surface area contributed by atoms with Gasteiger partial charge >= 0.3 is 0 Å². The number of benzene rings is 2. The standard InChI is InChI=1S/C29H37ClN2O5/c1-2-11-32(16-20-3-4-20)28(35)25-7-6-23(33)15-27(25)36-19-24(34)17-31-12-9-29(10-13-31)26-8-5-22(30)14-21(26)18-37-29/h5-8,14-15,20,24,33-34H,2-4,9-13,16-19H2,1H3/t24-/m0/s1. The van der Waals surface area contributed by atoms with Gasteiger partial charge in [-0.25, -0.2) is 0 Å². The Labute approximate surface area is 223 Å². The number of ether oxygens (including phenoxy) is 2. The van der Waals surface area contributed by atoms with Crippen LogP contribution in [0.15, 0.2) is 36.4 Å². The lowest BCUT2D eigenvalue weighted by Gasteiger charge is -2.39. The molecule has 1 atom stereocenters. The second-order valence-corrected chi connectivity index (χ2v) is 11.2. The van der Waals surface area contributed by atoms with Crippen molar-refractivity contribution in [1.29, 1.82) is 0 Å². The first-order chi connectivity index (χ1) is 17.9. The Kier molecular flexibility index (Phi) is 7.96. The van der Waals surface area contributed by atoms with Crippen LogP contribution in [0.1, 0.15) is 60.5 Å². The molecule has 1 saturated carbocycles. The molecule has 2 heterocycles. The monoisotopic (exact) mass is 528 g/mol. The summed E-state index contributed by atoms with van der Waals surface area (Å²) in [5, 5.41) is 21.5. The van der Waals surface area contributed by atoms with Crippen LogP contribution < -0.4 is 4.74 Å². The number of phenolic OH excluding ortho intramolecular Hbond substituents is 1. The number of halogens is 1. The van der Waals surface area contributed by atoms with Gasteiger partial charge in [-0.3, -0.25) is 4.79 Å². The van der Waals surface area contributed by atoms with Crippen molar-refractivity contribution in [3.05, 3.63) is 58.1 Å². The number of carbonyl (C=O) groups excluding carboxylic acids is 1. The molecule has 2 fully saturated rings. The zero-order chi connectivity index (χ0) is 26.0. The quantitative estimate of drug-likeness (QED) is 0.470. The van der Waals surface area contributed by atoms with Gasteiger partial charge in [-0.15, -0.1) is 0 Å². The van der Waals surface area contributed by atoms with Crippen molar-refractivity contribution in [2.75, 3.05) is 39.3 Å². The second kappa shape index (κ2) is 11.2. The normalized spacial score (nSPS) is 19.5. The third-order valence-corrected chi connectivity index (χ3v) is 8.01. The minimum absolute atomic E-state index is 0.0322. The average molecular weight is 529 g/mol. The lowest BCUT2D eigenvalue weighted by Crippen LogP contribution is -2.46. The summed E-state index contributed by atoms with van der Waals surface area (Å²) in [5.41, 5.74) is 2.57. The lowest BCUT2D eigenvalue weighted by molar-refractivity contribution is -0.0835. The van der Waals surface area contributed by atoms with Crippen molar-refractivity contribution in [1.82, 2.24) is 9.80 Å². The van der Waals surface area contributed by atoms with Crippen molar-refractivity contribution in [2.24, 2.45) is 5.92 Å². The summed E-state index contributed by atoms with van der Waals surface area (Å²) in [6, 6.07) is 10.6. The van der Waals surface area contributed by atoms with E-state index in [4.69, 9.17) is 21.1 Å². The first kappa shape index (κ1) is 26.3. The molecule has 2 N–H and O–H groups in total. The van der Waals surface area contributed by atoms with E-state index in [1.165, 1.54) is 36.1 Å². The van der Waals surface area contributed by atoms with E-state index in [0.717, 1.165) is 43.9 Å². The SMILES string of the molecule is CCCN(CC1CC1)C(=O)c1ccc(O)cc1OC[C@@H](O)CN1CCC2(CC1)OCc1cc(Cl)ccc12. The van der Waals surface area contributed by atoms with E-state index in [2.05, 4.69) is 17.9 Å². The van der Waals surface area contributed by atoms with E-state index in [1.54, 1.807) is 6.07 Å². The maximum Gasteiger partial charge on any atom is 0.257 e. The number of hydrogen-bond donors (Lipinski definition) is 2. The largest absolute Gasteiger partial charge is 0.508 e. The number of aliphatic hydroxyl groups is 1. The number of nitrogens with zero attached hydrogens (tertiary/aromatic N) is 2. The van der Waals surface area contributed by atoms with E-state index in [-0.39, 0.29) is 23.9 Å².